The van der Waals surface area contributed by atoms with Crippen LogP contribution in [0.5, 0.6) is 0 Å². The molecule has 118 valence electrons. The highest BCUT2D eigenvalue weighted by Crippen LogP contribution is 2.17. The lowest BCUT2D eigenvalue weighted by molar-refractivity contribution is -0.122. The molecule has 0 saturated carbocycles. The largest absolute Gasteiger partial charge is 0.351 e. The molecule has 1 aliphatic heterocycles. The van der Waals surface area contributed by atoms with Crippen LogP contribution >= 0.6 is 11.6 Å². The molecule has 1 fully saturated rings. The zero-order chi connectivity index (χ0) is 16.1. The van der Waals surface area contributed by atoms with Gasteiger partial charge in [0.1, 0.15) is 5.15 Å². The molecule has 1 aliphatic rings. The first-order chi connectivity index (χ1) is 10.5. The van der Waals surface area contributed by atoms with E-state index in [1.165, 1.54) is 6.92 Å². The first kappa shape index (κ1) is 16.4. The van der Waals surface area contributed by atoms with Gasteiger partial charge < -0.3 is 10.3 Å². The number of aromatic nitrogens is 2. The molecule has 1 amide bonds. The molecule has 0 radical (unpaired) electrons. The van der Waals surface area contributed by atoms with Gasteiger partial charge in [0, 0.05) is 12.3 Å². The Kier molecular flexibility index (Phi) is 5.48. The van der Waals surface area contributed by atoms with Gasteiger partial charge in [0.25, 0.3) is 5.91 Å². The van der Waals surface area contributed by atoms with E-state index in [0.717, 1.165) is 30.3 Å². The number of halogens is 1. The third-order valence-corrected chi connectivity index (χ3v) is 3.58. The summed E-state index contributed by atoms with van der Waals surface area (Å²) in [5, 5.41) is 4.35. The third kappa shape index (κ3) is 4.03. The number of carbonyl (C=O) groups excluding carboxylic acids is 2. The zero-order valence-corrected chi connectivity index (χ0v) is 12.9. The molecule has 7 nitrogen and oxygen atoms in total. The van der Waals surface area contributed by atoms with E-state index in [1.54, 1.807) is 18.3 Å². The van der Waals surface area contributed by atoms with Crippen LogP contribution in [0.15, 0.2) is 18.3 Å². The highest BCUT2D eigenvalue weighted by molar-refractivity contribution is 6.30. The van der Waals surface area contributed by atoms with Crippen LogP contribution in [-0.4, -0.2) is 34.2 Å². The van der Waals surface area contributed by atoms with Crippen molar-refractivity contribution in [2.75, 3.05) is 6.54 Å². The summed E-state index contributed by atoms with van der Waals surface area (Å²) >= 11 is 5.70. The summed E-state index contributed by atoms with van der Waals surface area (Å²) in [7, 11) is 0. The maximum Gasteiger partial charge on any atom is 0.251 e. The van der Waals surface area contributed by atoms with Gasteiger partial charge in [-0.3, -0.25) is 15.0 Å². The standard InChI is InChI=1S/C9H7ClN2O.C5H11N3O/c1-5(13)7-2-6-3-9(10)11-4-8(6)12-7;6-8-5(9)4-2-1-3-7-4/h2-4,12H,1H3;4,7H,1-3,6H2,(H,8,9). The van der Waals surface area contributed by atoms with Gasteiger partial charge in [0.2, 0.25) is 0 Å². The Morgan fingerprint density at radius 1 is 1.45 bits per heavy atom. The average Bonchev–Trinajstić information content (AvgIpc) is 3.15. The van der Waals surface area contributed by atoms with E-state index >= 15 is 0 Å². The number of carbonyl (C=O) groups is 2. The van der Waals surface area contributed by atoms with Crippen molar-refractivity contribution in [1.82, 2.24) is 20.7 Å². The lowest BCUT2D eigenvalue weighted by Gasteiger charge is -2.05. The monoisotopic (exact) mass is 323 g/mol. The Bertz CT molecular complexity index is 679. The Labute approximate surface area is 132 Å². The number of nitrogens with zero attached hydrogens (tertiary/aromatic N) is 1. The Morgan fingerprint density at radius 3 is 2.82 bits per heavy atom. The molecular weight excluding hydrogens is 306 g/mol. The number of Topliss-reactive ketones (excluding diaryl/α,β-unsaturated/α-hetero) is 1. The first-order valence-corrected chi connectivity index (χ1v) is 7.28. The molecule has 0 aromatic carbocycles. The highest BCUT2D eigenvalue weighted by Gasteiger charge is 2.20. The maximum atomic E-state index is 11.0. The van der Waals surface area contributed by atoms with Crippen LogP contribution in [0.2, 0.25) is 5.15 Å². The summed E-state index contributed by atoms with van der Waals surface area (Å²) in [6, 6.07) is 3.44. The predicted molar refractivity (Wildman–Crippen MR) is 84.5 cm³/mol. The van der Waals surface area contributed by atoms with Gasteiger partial charge in [-0.25, -0.2) is 10.8 Å². The molecule has 22 heavy (non-hydrogen) atoms. The topological polar surface area (TPSA) is 113 Å². The number of rotatable bonds is 2. The second-order valence-electron chi connectivity index (χ2n) is 4.99. The van der Waals surface area contributed by atoms with Crippen molar-refractivity contribution in [3.05, 3.63) is 29.2 Å². The smallest absolute Gasteiger partial charge is 0.251 e. The minimum absolute atomic E-state index is 0.00678. The second kappa shape index (κ2) is 7.35. The molecule has 0 spiro atoms. The van der Waals surface area contributed by atoms with Crippen molar-refractivity contribution in [3.8, 4) is 0 Å². The van der Waals surface area contributed by atoms with Gasteiger partial charge in [0.15, 0.2) is 5.78 Å². The van der Waals surface area contributed by atoms with Crippen molar-refractivity contribution in [2.45, 2.75) is 25.8 Å². The minimum Gasteiger partial charge on any atom is -0.351 e. The molecule has 1 atom stereocenters. The number of pyridine rings is 1. The molecule has 8 heteroatoms. The lowest BCUT2D eigenvalue weighted by atomic mass is 10.2. The number of hydrazine groups is 1. The van der Waals surface area contributed by atoms with Crippen LogP contribution in [0, 0.1) is 0 Å². The number of aromatic amines is 1. The number of ketones is 1. The zero-order valence-electron chi connectivity index (χ0n) is 12.1. The molecule has 3 heterocycles. The number of nitrogens with one attached hydrogen (secondary N) is 3. The van der Waals surface area contributed by atoms with E-state index in [1.807, 2.05) is 0 Å². The van der Waals surface area contributed by atoms with Crippen LogP contribution < -0.4 is 16.6 Å². The summed E-state index contributed by atoms with van der Waals surface area (Å²) < 4.78 is 0. The second-order valence-corrected chi connectivity index (χ2v) is 5.38. The predicted octanol–water partition coefficient (Wildman–Crippen LogP) is 1.15. The van der Waals surface area contributed by atoms with E-state index < -0.39 is 0 Å². The molecular formula is C14H18ClN5O2. The Balaban J connectivity index is 0.000000172. The number of hydrogen-bond acceptors (Lipinski definition) is 5. The Hall–Kier alpha value is -1.96. The van der Waals surface area contributed by atoms with Crippen molar-refractivity contribution in [2.24, 2.45) is 5.84 Å². The maximum absolute atomic E-state index is 11.0. The van der Waals surface area contributed by atoms with Gasteiger partial charge >= 0.3 is 0 Å². The minimum atomic E-state index is -0.104. The van der Waals surface area contributed by atoms with E-state index in [2.05, 4.69) is 20.7 Å². The van der Waals surface area contributed by atoms with Crippen molar-refractivity contribution in [1.29, 1.82) is 0 Å². The number of H-pyrrole nitrogens is 1. The van der Waals surface area contributed by atoms with Gasteiger partial charge in [0.05, 0.1) is 23.4 Å². The van der Waals surface area contributed by atoms with E-state index in [9.17, 15) is 9.59 Å². The van der Waals surface area contributed by atoms with Gasteiger partial charge in [-0.2, -0.15) is 0 Å². The SMILES string of the molecule is CC(=O)c1cc2cc(Cl)ncc2[nH]1.NNC(=O)C1CCCN1. The molecule has 0 aliphatic carbocycles. The van der Waals surface area contributed by atoms with E-state index in [-0.39, 0.29) is 17.7 Å². The molecule has 2 aromatic heterocycles. The first-order valence-electron chi connectivity index (χ1n) is 6.90. The average molecular weight is 324 g/mol. The fourth-order valence-corrected chi connectivity index (χ4v) is 2.37. The van der Waals surface area contributed by atoms with Crippen LogP contribution in [-0.2, 0) is 4.79 Å². The number of nitrogens with two attached hydrogens (primary N) is 1. The van der Waals surface area contributed by atoms with E-state index in [4.69, 9.17) is 17.4 Å². The molecule has 3 rings (SSSR count). The number of fused-ring (bicyclic) bond motifs is 1. The molecule has 5 N–H and O–H groups in total. The van der Waals surface area contributed by atoms with Crippen LogP contribution in [0.25, 0.3) is 10.9 Å². The Morgan fingerprint density at radius 2 is 2.23 bits per heavy atom. The van der Waals surface area contributed by atoms with Crippen LogP contribution in [0.3, 0.4) is 0 Å². The number of hydrogen-bond donors (Lipinski definition) is 4. The number of amides is 1. The molecule has 0 bridgehead atoms. The quantitative estimate of drug-likeness (QED) is 0.218. The summed E-state index contributed by atoms with van der Waals surface area (Å²) in [4.78, 5) is 28.6. The summed E-state index contributed by atoms with van der Waals surface area (Å²) in [6.45, 7) is 2.44. The lowest BCUT2D eigenvalue weighted by Crippen LogP contribution is -2.43. The van der Waals surface area contributed by atoms with Crippen molar-refractivity contribution < 1.29 is 9.59 Å². The van der Waals surface area contributed by atoms with Crippen LogP contribution in [0.1, 0.15) is 30.3 Å². The fourth-order valence-electron chi connectivity index (χ4n) is 2.20. The van der Waals surface area contributed by atoms with Gasteiger partial charge in [-0.05, 0) is 31.5 Å². The molecule has 2 aromatic rings. The van der Waals surface area contributed by atoms with Crippen molar-refractivity contribution >= 4 is 34.2 Å². The normalized spacial score (nSPS) is 17.0. The fraction of sp³-hybridized carbons (Fsp3) is 0.357. The highest BCUT2D eigenvalue weighted by atomic mass is 35.5. The third-order valence-electron chi connectivity index (χ3n) is 3.37. The van der Waals surface area contributed by atoms with Gasteiger partial charge in [-0.15, -0.1) is 0 Å². The van der Waals surface area contributed by atoms with Crippen LogP contribution in [0.4, 0.5) is 0 Å². The summed E-state index contributed by atoms with van der Waals surface area (Å²) in [5.74, 6) is 4.81. The van der Waals surface area contributed by atoms with E-state index in [0.29, 0.717) is 10.8 Å². The summed E-state index contributed by atoms with van der Waals surface area (Å²) in [6.07, 6.45) is 3.59. The molecule has 1 unspecified atom stereocenters. The molecule has 1 saturated heterocycles. The van der Waals surface area contributed by atoms with Gasteiger partial charge in [-0.1, -0.05) is 11.6 Å². The van der Waals surface area contributed by atoms with Crippen molar-refractivity contribution in [3.63, 3.8) is 0 Å². The summed E-state index contributed by atoms with van der Waals surface area (Å²) in [5.41, 5.74) is 3.52.